The Labute approximate surface area is 128 Å². The highest BCUT2D eigenvalue weighted by atomic mass is 79.9. The zero-order chi connectivity index (χ0) is 15.4. The molecule has 2 N–H and O–H groups in total. The smallest absolute Gasteiger partial charge is 0.407 e. The minimum atomic E-state index is -2.92. The Morgan fingerprint density at radius 3 is 2.65 bits per heavy atom. The molecule has 1 rings (SSSR count). The lowest BCUT2D eigenvalue weighted by Crippen LogP contribution is -2.34. The van der Waals surface area contributed by atoms with Crippen LogP contribution in [0.3, 0.4) is 0 Å². The van der Waals surface area contributed by atoms with Crippen molar-refractivity contribution in [1.82, 2.24) is 5.32 Å². The second-order valence-electron chi connectivity index (χ2n) is 5.27. The van der Waals surface area contributed by atoms with Gasteiger partial charge in [0.1, 0.15) is 5.60 Å². The fourth-order valence-corrected chi connectivity index (χ4v) is 3.19. The van der Waals surface area contributed by atoms with Crippen LogP contribution in [-0.4, -0.2) is 28.2 Å². The van der Waals surface area contributed by atoms with Crippen LogP contribution in [0.15, 0.2) is 33.6 Å². The van der Waals surface area contributed by atoms with Crippen molar-refractivity contribution in [1.29, 1.82) is 4.78 Å². The van der Waals surface area contributed by atoms with Crippen LogP contribution in [0, 0.1) is 4.78 Å². The summed E-state index contributed by atoms with van der Waals surface area (Å²) in [6.45, 7) is 5.43. The second-order valence-corrected chi connectivity index (χ2v) is 8.41. The maximum absolute atomic E-state index is 12.3. The molecule has 7 heteroatoms. The molecule has 5 nitrogen and oxygen atoms in total. The fraction of sp³-hybridized carbons (Fsp3) is 0.462. The van der Waals surface area contributed by atoms with Gasteiger partial charge in [-0.2, -0.15) is 0 Å². The summed E-state index contributed by atoms with van der Waals surface area (Å²) in [6.07, 6.45) is -0.568. The molecule has 1 atom stereocenters. The average Bonchev–Trinajstić information content (AvgIpc) is 2.26. The van der Waals surface area contributed by atoms with Gasteiger partial charge in [-0.3, -0.25) is 0 Å². The first kappa shape index (κ1) is 17.0. The molecule has 1 aromatic carbocycles. The number of hydrogen-bond donors (Lipinski definition) is 2. The van der Waals surface area contributed by atoms with E-state index in [4.69, 9.17) is 9.52 Å². The molecule has 0 spiro atoms. The van der Waals surface area contributed by atoms with Gasteiger partial charge in [0.05, 0.1) is 15.5 Å². The van der Waals surface area contributed by atoms with Crippen molar-refractivity contribution < 1.29 is 13.7 Å². The van der Waals surface area contributed by atoms with Gasteiger partial charge in [-0.1, -0.05) is 22.0 Å². The van der Waals surface area contributed by atoms with Gasteiger partial charge in [-0.15, -0.1) is 0 Å². The molecular weight excluding hydrogens is 344 g/mol. The molecule has 1 aromatic rings. The van der Waals surface area contributed by atoms with Gasteiger partial charge in [-0.05, 0) is 39.0 Å². The van der Waals surface area contributed by atoms with Crippen LogP contribution in [0.25, 0.3) is 0 Å². The molecular formula is C13H19BrN2O3S. The molecule has 0 radical (unpaired) electrons. The number of benzene rings is 1. The number of amides is 1. The molecule has 1 unspecified atom stereocenters. The van der Waals surface area contributed by atoms with E-state index >= 15 is 0 Å². The number of hydrogen-bond acceptors (Lipinski definition) is 4. The Balaban J connectivity index is 2.55. The van der Waals surface area contributed by atoms with E-state index < -0.39 is 21.4 Å². The van der Waals surface area contributed by atoms with Crippen molar-refractivity contribution in [2.24, 2.45) is 0 Å². The highest BCUT2D eigenvalue weighted by Crippen LogP contribution is 2.17. The fourth-order valence-electron chi connectivity index (χ4n) is 1.40. The SMILES string of the molecule is CC(C)(C)OC(=O)NCCS(=N)(=O)c1cccc(Br)c1. The summed E-state index contributed by atoms with van der Waals surface area (Å²) in [5, 5.41) is 2.51. The predicted octanol–water partition coefficient (Wildman–Crippen LogP) is 3.38. The van der Waals surface area contributed by atoms with E-state index in [2.05, 4.69) is 21.2 Å². The van der Waals surface area contributed by atoms with Gasteiger partial charge in [-0.25, -0.2) is 13.8 Å². The summed E-state index contributed by atoms with van der Waals surface area (Å²) in [5.41, 5.74) is -0.573. The number of alkyl carbamates (subject to hydrolysis) is 1. The first-order valence-corrected chi connectivity index (χ1v) is 8.61. The summed E-state index contributed by atoms with van der Waals surface area (Å²) in [7, 11) is -2.92. The third kappa shape index (κ3) is 5.92. The lowest BCUT2D eigenvalue weighted by atomic mass is 10.2. The third-order valence-corrected chi connectivity index (χ3v) is 4.52. The summed E-state index contributed by atoms with van der Waals surface area (Å²) in [6, 6.07) is 6.84. The van der Waals surface area contributed by atoms with Gasteiger partial charge in [0.2, 0.25) is 0 Å². The molecule has 0 saturated heterocycles. The van der Waals surface area contributed by atoms with Crippen molar-refractivity contribution in [2.45, 2.75) is 31.3 Å². The van der Waals surface area contributed by atoms with Gasteiger partial charge >= 0.3 is 6.09 Å². The Morgan fingerprint density at radius 2 is 2.10 bits per heavy atom. The quantitative estimate of drug-likeness (QED) is 0.861. The lowest BCUT2D eigenvalue weighted by molar-refractivity contribution is 0.0531. The maximum atomic E-state index is 12.3. The molecule has 0 aliphatic carbocycles. The minimum Gasteiger partial charge on any atom is -0.444 e. The third-order valence-electron chi connectivity index (χ3n) is 2.23. The Hall–Kier alpha value is -1.08. The van der Waals surface area contributed by atoms with E-state index in [9.17, 15) is 9.00 Å². The summed E-state index contributed by atoms with van der Waals surface area (Å²) in [5.74, 6) is 0.0443. The molecule has 20 heavy (non-hydrogen) atoms. The zero-order valence-electron chi connectivity index (χ0n) is 11.7. The van der Waals surface area contributed by atoms with Crippen LogP contribution < -0.4 is 5.32 Å². The lowest BCUT2D eigenvalue weighted by Gasteiger charge is -2.19. The summed E-state index contributed by atoms with van der Waals surface area (Å²) >= 11 is 3.28. The molecule has 0 fully saturated rings. The summed E-state index contributed by atoms with van der Waals surface area (Å²) in [4.78, 5) is 11.9. The molecule has 112 valence electrons. The molecule has 0 aliphatic rings. The van der Waals surface area contributed by atoms with Crippen molar-refractivity contribution in [3.63, 3.8) is 0 Å². The van der Waals surface area contributed by atoms with Gasteiger partial charge in [0.15, 0.2) is 0 Å². The highest BCUT2D eigenvalue weighted by Gasteiger charge is 2.16. The molecule has 0 aromatic heterocycles. The molecule has 0 bridgehead atoms. The Kier molecular flexibility index (Phi) is 5.59. The monoisotopic (exact) mass is 362 g/mol. The van der Waals surface area contributed by atoms with Crippen LogP contribution in [0.1, 0.15) is 20.8 Å². The molecule has 1 amide bonds. The number of rotatable bonds is 4. The van der Waals surface area contributed by atoms with Crippen LogP contribution >= 0.6 is 15.9 Å². The molecule has 0 heterocycles. The Morgan fingerprint density at radius 1 is 1.45 bits per heavy atom. The van der Waals surface area contributed by atoms with Crippen molar-refractivity contribution in [2.75, 3.05) is 12.3 Å². The van der Waals surface area contributed by atoms with Crippen molar-refractivity contribution in [3.05, 3.63) is 28.7 Å². The van der Waals surface area contributed by atoms with Gasteiger partial charge in [0, 0.05) is 15.9 Å². The Bertz CT molecular complexity index is 580. The highest BCUT2D eigenvalue weighted by molar-refractivity contribution is 9.10. The van der Waals surface area contributed by atoms with E-state index in [0.717, 1.165) is 4.47 Å². The van der Waals surface area contributed by atoms with E-state index in [1.807, 2.05) is 0 Å². The number of halogens is 1. The first-order chi connectivity index (χ1) is 9.10. The normalized spacial score (nSPS) is 14.4. The number of ether oxygens (including phenoxy) is 1. The van der Waals surface area contributed by atoms with Crippen LogP contribution in [0.4, 0.5) is 4.79 Å². The van der Waals surface area contributed by atoms with Crippen LogP contribution in [-0.2, 0) is 14.5 Å². The molecule has 0 saturated carbocycles. The maximum Gasteiger partial charge on any atom is 0.407 e. The van der Waals surface area contributed by atoms with E-state index in [-0.39, 0.29) is 12.3 Å². The predicted molar refractivity (Wildman–Crippen MR) is 82.4 cm³/mol. The number of carbonyl (C=O) groups excluding carboxylic acids is 1. The largest absolute Gasteiger partial charge is 0.444 e. The van der Waals surface area contributed by atoms with Crippen LogP contribution in [0.2, 0.25) is 0 Å². The average molecular weight is 363 g/mol. The van der Waals surface area contributed by atoms with Gasteiger partial charge < -0.3 is 10.1 Å². The van der Waals surface area contributed by atoms with Crippen LogP contribution in [0.5, 0.6) is 0 Å². The summed E-state index contributed by atoms with van der Waals surface area (Å²) < 4.78 is 26.0. The second kappa shape index (κ2) is 6.58. The first-order valence-electron chi connectivity index (χ1n) is 6.09. The van der Waals surface area contributed by atoms with Gasteiger partial charge in [0.25, 0.3) is 0 Å². The van der Waals surface area contributed by atoms with E-state index in [1.165, 1.54) is 0 Å². The standard InChI is InChI=1S/C13H19BrN2O3S/c1-13(2,3)19-12(17)16-7-8-20(15,18)11-6-4-5-10(14)9-11/h4-6,9,15H,7-8H2,1-3H3,(H,16,17). The van der Waals surface area contributed by atoms with E-state index in [1.54, 1.807) is 45.0 Å². The zero-order valence-corrected chi connectivity index (χ0v) is 14.1. The topological polar surface area (TPSA) is 79.2 Å². The van der Waals surface area contributed by atoms with E-state index in [0.29, 0.717) is 4.90 Å². The van der Waals surface area contributed by atoms with Crippen molar-refractivity contribution >= 4 is 31.8 Å². The molecule has 0 aliphatic heterocycles. The minimum absolute atomic E-state index is 0.0443. The number of nitrogens with one attached hydrogen (secondary N) is 2. The van der Waals surface area contributed by atoms with Crippen molar-refractivity contribution in [3.8, 4) is 0 Å². The number of carbonyl (C=O) groups is 1.